The van der Waals surface area contributed by atoms with Gasteiger partial charge in [0, 0.05) is 44.6 Å². The van der Waals surface area contributed by atoms with E-state index in [2.05, 4.69) is 10.0 Å². The zero-order chi connectivity index (χ0) is 19.3. The van der Waals surface area contributed by atoms with Gasteiger partial charge in [-0.25, -0.2) is 13.1 Å². The van der Waals surface area contributed by atoms with E-state index in [9.17, 15) is 13.2 Å². The molecule has 158 valence electrons. The molecular weight excluding hydrogens is 406 g/mol. The van der Waals surface area contributed by atoms with Gasteiger partial charge in [0.25, 0.3) is 0 Å². The van der Waals surface area contributed by atoms with Gasteiger partial charge in [0.05, 0.1) is 18.1 Å². The first kappa shape index (κ1) is 22.7. The Kier molecular flexibility index (Phi) is 8.36. The van der Waals surface area contributed by atoms with Crippen LogP contribution in [0.25, 0.3) is 0 Å². The lowest BCUT2D eigenvalue weighted by atomic mass is 10.2. The summed E-state index contributed by atoms with van der Waals surface area (Å²) in [7, 11) is -1.85. The van der Waals surface area contributed by atoms with Gasteiger partial charge < -0.3 is 19.7 Å². The Morgan fingerprint density at radius 2 is 1.96 bits per heavy atom. The maximum Gasteiger partial charge on any atom is 0.240 e. The van der Waals surface area contributed by atoms with Crippen LogP contribution in [0.3, 0.4) is 0 Å². The van der Waals surface area contributed by atoms with E-state index in [-0.39, 0.29) is 42.2 Å². The number of ether oxygens (including phenoxy) is 2. The molecule has 1 saturated heterocycles. The van der Waals surface area contributed by atoms with Crippen LogP contribution in [0.1, 0.15) is 25.7 Å². The molecule has 10 heteroatoms. The first-order chi connectivity index (χ1) is 13.0. The molecule has 3 rings (SSSR count). The van der Waals surface area contributed by atoms with Crippen LogP contribution in [0.4, 0.5) is 0 Å². The second-order valence-corrected chi connectivity index (χ2v) is 8.51. The van der Waals surface area contributed by atoms with E-state index in [1.165, 1.54) is 12.1 Å². The Balaban J connectivity index is 0.00000280. The van der Waals surface area contributed by atoms with Crippen LogP contribution < -0.4 is 19.5 Å². The number of sulfonamides is 1. The summed E-state index contributed by atoms with van der Waals surface area (Å²) in [4.78, 5) is 14.4. The van der Waals surface area contributed by atoms with Crippen LogP contribution in [0, 0.1) is 0 Å². The van der Waals surface area contributed by atoms with Crippen molar-refractivity contribution in [2.45, 2.75) is 36.6 Å². The number of carbonyl (C=O) groups excluding carboxylic acids is 1. The van der Waals surface area contributed by atoms with Crippen molar-refractivity contribution in [1.29, 1.82) is 0 Å². The van der Waals surface area contributed by atoms with Crippen molar-refractivity contribution in [3.63, 3.8) is 0 Å². The molecule has 8 nitrogen and oxygen atoms in total. The van der Waals surface area contributed by atoms with Crippen molar-refractivity contribution >= 4 is 28.3 Å². The fourth-order valence-electron chi connectivity index (χ4n) is 3.44. The van der Waals surface area contributed by atoms with Gasteiger partial charge >= 0.3 is 0 Å². The Bertz CT molecular complexity index is 774. The van der Waals surface area contributed by atoms with Crippen LogP contribution in [-0.4, -0.2) is 65.2 Å². The molecule has 1 unspecified atom stereocenters. The molecule has 1 atom stereocenters. The molecule has 0 spiro atoms. The maximum absolute atomic E-state index is 12.5. The second kappa shape index (κ2) is 10.3. The molecule has 0 aromatic heterocycles. The number of nitrogens with one attached hydrogen (secondary N) is 2. The third-order valence-corrected chi connectivity index (χ3v) is 6.26. The number of likely N-dealkylation sites (N-methyl/N-ethyl adjacent to an activating group) is 1. The second-order valence-electron chi connectivity index (χ2n) is 6.75. The molecule has 0 bridgehead atoms. The Morgan fingerprint density at radius 3 is 2.71 bits per heavy atom. The molecule has 0 saturated carbocycles. The fourth-order valence-corrected chi connectivity index (χ4v) is 4.49. The molecule has 1 aromatic carbocycles. The van der Waals surface area contributed by atoms with Gasteiger partial charge in [-0.1, -0.05) is 0 Å². The van der Waals surface area contributed by atoms with Gasteiger partial charge in [-0.05, 0) is 32.0 Å². The predicted octanol–water partition coefficient (Wildman–Crippen LogP) is 1.15. The van der Waals surface area contributed by atoms with Gasteiger partial charge in [-0.3, -0.25) is 4.79 Å². The molecule has 1 aromatic rings. The van der Waals surface area contributed by atoms with Gasteiger partial charge in [0.15, 0.2) is 11.5 Å². The molecule has 0 aliphatic carbocycles. The number of nitrogens with zero attached hydrogens (tertiary/aromatic N) is 1. The zero-order valence-electron chi connectivity index (χ0n) is 16.0. The van der Waals surface area contributed by atoms with E-state index in [0.717, 1.165) is 32.4 Å². The third-order valence-electron chi connectivity index (χ3n) is 4.80. The number of hydrogen-bond donors (Lipinski definition) is 2. The Labute approximate surface area is 172 Å². The number of benzene rings is 1. The summed E-state index contributed by atoms with van der Waals surface area (Å²) in [5.41, 5.74) is 0. The van der Waals surface area contributed by atoms with Gasteiger partial charge in [-0.2, -0.15) is 0 Å². The smallest absolute Gasteiger partial charge is 0.240 e. The summed E-state index contributed by atoms with van der Waals surface area (Å²) < 4.78 is 38.6. The Morgan fingerprint density at radius 1 is 1.21 bits per heavy atom. The largest absolute Gasteiger partial charge is 0.490 e. The SMILES string of the molecule is CNCC1CCCN1C(=O)CCNS(=O)(=O)c1ccc2c(c1)OCCCO2.Cl. The fraction of sp³-hybridized carbons (Fsp3) is 0.611. The number of likely N-dealkylation sites (tertiary alicyclic amines) is 1. The highest BCUT2D eigenvalue weighted by molar-refractivity contribution is 7.89. The highest BCUT2D eigenvalue weighted by Gasteiger charge is 2.28. The highest BCUT2D eigenvalue weighted by Crippen LogP contribution is 2.31. The van der Waals surface area contributed by atoms with E-state index in [0.29, 0.717) is 24.7 Å². The molecule has 28 heavy (non-hydrogen) atoms. The van der Waals surface area contributed by atoms with E-state index < -0.39 is 10.0 Å². The minimum absolute atomic E-state index is 0. The number of carbonyl (C=O) groups is 1. The summed E-state index contributed by atoms with van der Waals surface area (Å²) in [6.07, 6.45) is 2.86. The maximum atomic E-state index is 12.5. The van der Waals surface area contributed by atoms with E-state index in [1.54, 1.807) is 6.07 Å². The third kappa shape index (κ3) is 5.50. The summed E-state index contributed by atoms with van der Waals surface area (Å²) >= 11 is 0. The van der Waals surface area contributed by atoms with Crippen LogP contribution in [0.5, 0.6) is 11.5 Å². The van der Waals surface area contributed by atoms with Crippen molar-refractivity contribution in [1.82, 2.24) is 14.9 Å². The lowest BCUT2D eigenvalue weighted by Gasteiger charge is -2.24. The number of halogens is 1. The number of fused-ring (bicyclic) bond motifs is 1. The molecule has 2 heterocycles. The number of hydrogen-bond acceptors (Lipinski definition) is 6. The van der Waals surface area contributed by atoms with Gasteiger partial charge in [0.2, 0.25) is 15.9 Å². The van der Waals surface area contributed by atoms with Gasteiger partial charge in [-0.15, -0.1) is 12.4 Å². The van der Waals surface area contributed by atoms with Crippen LogP contribution >= 0.6 is 12.4 Å². The summed E-state index contributed by atoms with van der Waals surface area (Å²) in [6, 6.07) is 4.75. The quantitative estimate of drug-likeness (QED) is 0.669. The first-order valence-electron chi connectivity index (χ1n) is 9.34. The molecule has 2 aliphatic rings. The summed E-state index contributed by atoms with van der Waals surface area (Å²) in [5.74, 6) is 0.957. The molecular formula is C18H28ClN3O5S. The minimum Gasteiger partial charge on any atom is -0.490 e. The topological polar surface area (TPSA) is 97.0 Å². The van der Waals surface area contributed by atoms with Crippen molar-refractivity contribution in [2.75, 3.05) is 39.9 Å². The van der Waals surface area contributed by atoms with E-state index in [1.807, 2.05) is 11.9 Å². The lowest BCUT2D eigenvalue weighted by molar-refractivity contribution is -0.131. The zero-order valence-corrected chi connectivity index (χ0v) is 17.6. The lowest BCUT2D eigenvalue weighted by Crippen LogP contribution is -2.42. The van der Waals surface area contributed by atoms with E-state index >= 15 is 0 Å². The number of rotatable bonds is 7. The average Bonchev–Trinajstić information content (AvgIpc) is 2.97. The van der Waals surface area contributed by atoms with Crippen molar-refractivity contribution in [3.05, 3.63) is 18.2 Å². The Hall–Kier alpha value is -1.55. The number of amides is 1. The van der Waals surface area contributed by atoms with Gasteiger partial charge in [0.1, 0.15) is 0 Å². The van der Waals surface area contributed by atoms with Crippen molar-refractivity contribution < 1.29 is 22.7 Å². The monoisotopic (exact) mass is 433 g/mol. The molecule has 2 aliphatic heterocycles. The molecule has 0 radical (unpaired) electrons. The minimum atomic E-state index is -3.72. The predicted molar refractivity (Wildman–Crippen MR) is 108 cm³/mol. The molecule has 1 fully saturated rings. The first-order valence-corrected chi connectivity index (χ1v) is 10.8. The summed E-state index contributed by atoms with van der Waals surface area (Å²) in [5, 5.41) is 3.10. The summed E-state index contributed by atoms with van der Waals surface area (Å²) in [6.45, 7) is 2.60. The van der Waals surface area contributed by atoms with Crippen LogP contribution in [0.15, 0.2) is 23.1 Å². The van der Waals surface area contributed by atoms with Crippen molar-refractivity contribution in [2.24, 2.45) is 0 Å². The normalized spacial score (nSPS) is 19.0. The van der Waals surface area contributed by atoms with E-state index in [4.69, 9.17) is 9.47 Å². The molecule has 2 N–H and O–H groups in total. The highest BCUT2D eigenvalue weighted by atomic mass is 35.5. The average molecular weight is 434 g/mol. The van der Waals surface area contributed by atoms with Crippen molar-refractivity contribution in [3.8, 4) is 11.5 Å². The van der Waals surface area contributed by atoms with Crippen LogP contribution in [0.2, 0.25) is 0 Å². The molecule has 1 amide bonds. The standard InChI is InChI=1S/C18H27N3O5S.ClH/c1-19-13-14-4-2-9-21(14)18(22)7-8-20-27(23,24)15-5-6-16-17(12-15)26-11-3-10-25-16;/h5-6,12,14,19-20H,2-4,7-11,13H2,1H3;1H. The van der Waals surface area contributed by atoms with Crippen LogP contribution in [-0.2, 0) is 14.8 Å².